The summed E-state index contributed by atoms with van der Waals surface area (Å²) in [6, 6.07) is 11.6. The largest absolute Gasteiger partial charge is 0.507 e. The molecule has 7 heteroatoms. The lowest BCUT2D eigenvalue weighted by Crippen LogP contribution is -2.21. The number of halogens is 1. The minimum atomic E-state index is -0.546. The maximum absolute atomic E-state index is 12.0. The van der Waals surface area contributed by atoms with E-state index in [1.165, 1.54) is 6.07 Å². The number of amides is 2. The Morgan fingerprint density at radius 1 is 1.20 bits per heavy atom. The molecule has 0 aliphatic heterocycles. The smallest absolute Gasteiger partial charge is 0.275 e. The first kappa shape index (κ1) is 18.5. The Balaban J connectivity index is 1.93. The fourth-order valence-electron chi connectivity index (χ4n) is 2.09. The molecule has 0 saturated carbocycles. The van der Waals surface area contributed by atoms with Crippen molar-refractivity contribution in [3.8, 4) is 5.75 Å². The summed E-state index contributed by atoms with van der Waals surface area (Å²) in [6.07, 6.45) is 0.00654. The van der Waals surface area contributed by atoms with E-state index in [4.69, 9.17) is 11.6 Å². The Morgan fingerprint density at radius 3 is 2.64 bits per heavy atom. The number of hydrazone groups is 1. The van der Waals surface area contributed by atoms with Crippen molar-refractivity contribution in [1.29, 1.82) is 0 Å². The first-order chi connectivity index (χ1) is 11.9. The summed E-state index contributed by atoms with van der Waals surface area (Å²) in [5.41, 5.74) is 4.05. The van der Waals surface area contributed by atoms with Gasteiger partial charge >= 0.3 is 0 Å². The summed E-state index contributed by atoms with van der Waals surface area (Å²) < 4.78 is 0. The Hall–Kier alpha value is -2.86. The van der Waals surface area contributed by atoms with Crippen LogP contribution in [0, 0.1) is 6.92 Å². The third-order valence-corrected chi connectivity index (χ3v) is 3.59. The normalized spacial score (nSPS) is 11.1. The van der Waals surface area contributed by atoms with Crippen molar-refractivity contribution in [1.82, 2.24) is 5.43 Å². The minimum absolute atomic E-state index is 0.00654. The van der Waals surface area contributed by atoms with Crippen LogP contribution in [0.25, 0.3) is 0 Å². The molecule has 0 atom stereocenters. The van der Waals surface area contributed by atoms with Crippen LogP contribution >= 0.6 is 11.6 Å². The molecule has 2 amide bonds. The van der Waals surface area contributed by atoms with E-state index in [2.05, 4.69) is 15.8 Å². The van der Waals surface area contributed by atoms with Gasteiger partial charge in [-0.25, -0.2) is 5.43 Å². The van der Waals surface area contributed by atoms with Crippen LogP contribution in [0.3, 0.4) is 0 Å². The van der Waals surface area contributed by atoms with Gasteiger partial charge in [0.15, 0.2) is 0 Å². The lowest BCUT2D eigenvalue weighted by molar-refractivity contribution is -0.115. The molecule has 0 heterocycles. The van der Waals surface area contributed by atoms with Gasteiger partial charge in [-0.05, 0) is 43.7 Å². The van der Waals surface area contributed by atoms with Crippen molar-refractivity contribution in [3.63, 3.8) is 0 Å². The highest BCUT2D eigenvalue weighted by Crippen LogP contribution is 2.21. The van der Waals surface area contributed by atoms with Crippen molar-refractivity contribution in [2.75, 3.05) is 5.32 Å². The molecule has 130 valence electrons. The number of rotatable bonds is 5. The van der Waals surface area contributed by atoms with Gasteiger partial charge in [0.05, 0.1) is 12.0 Å². The zero-order chi connectivity index (χ0) is 18.4. The zero-order valence-electron chi connectivity index (χ0n) is 13.8. The number of aryl methyl sites for hydroxylation is 1. The number of phenolic OH excluding ortho intramolecular Hbond substituents is 1. The summed E-state index contributed by atoms with van der Waals surface area (Å²) in [6.45, 7) is 3.31. The first-order valence-electron chi connectivity index (χ1n) is 7.54. The number of aromatic hydroxyl groups is 1. The molecule has 0 bridgehead atoms. The van der Waals surface area contributed by atoms with Crippen LogP contribution in [0.1, 0.15) is 29.3 Å². The minimum Gasteiger partial charge on any atom is -0.507 e. The van der Waals surface area contributed by atoms with Gasteiger partial charge in [-0.2, -0.15) is 5.10 Å². The fraction of sp³-hybridized carbons (Fsp3) is 0.167. The molecule has 2 rings (SSSR count). The van der Waals surface area contributed by atoms with Gasteiger partial charge < -0.3 is 10.4 Å². The number of carbonyl (C=O) groups excluding carboxylic acids is 2. The van der Waals surface area contributed by atoms with E-state index in [-0.39, 0.29) is 23.6 Å². The standard InChI is InChI=1S/C18H18ClN3O3/c1-11-5-3-8-15(17(11)24)18(25)22-21-12(2)9-16(23)20-14-7-4-6-13(19)10-14/h3-8,10,24H,9H2,1-2H3,(H,20,23)(H,22,25). The average Bonchev–Trinajstić information content (AvgIpc) is 2.55. The molecule has 2 aromatic rings. The van der Waals surface area contributed by atoms with Gasteiger partial charge in [0, 0.05) is 16.4 Å². The van der Waals surface area contributed by atoms with Crippen molar-refractivity contribution in [3.05, 3.63) is 58.6 Å². The lowest BCUT2D eigenvalue weighted by atomic mass is 10.1. The van der Waals surface area contributed by atoms with Crippen LogP contribution in [0.4, 0.5) is 5.69 Å². The Kier molecular flexibility index (Phi) is 6.14. The molecule has 0 unspecified atom stereocenters. The predicted octanol–water partition coefficient (Wildman–Crippen LogP) is 3.49. The number of hydrogen-bond donors (Lipinski definition) is 3. The molecule has 2 aromatic carbocycles. The number of phenols is 1. The van der Waals surface area contributed by atoms with Gasteiger partial charge in [-0.3, -0.25) is 9.59 Å². The second kappa shape index (κ2) is 8.30. The molecule has 3 N–H and O–H groups in total. The molecule has 0 aromatic heterocycles. The zero-order valence-corrected chi connectivity index (χ0v) is 14.6. The van der Waals surface area contributed by atoms with Crippen molar-refractivity contribution in [2.45, 2.75) is 20.3 Å². The van der Waals surface area contributed by atoms with E-state index in [0.29, 0.717) is 22.0 Å². The number of nitrogens with one attached hydrogen (secondary N) is 2. The van der Waals surface area contributed by atoms with Gasteiger partial charge in [-0.1, -0.05) is 29.8 Å². The second-order valence-corrected chi connectivity index (χ2v) is 5.93. The van der Waals surface area contributed by atoms with Crippen LogP contribution in [0.5, 0.6) is 5.75 Å². The second-order valence-electron chi connectivity index (χ2n) is 5.49. The number of nitrogens with zero attached hydrogens (tertiary/aromatic N) is 1. The maximum Gasteiger partial charge on any atom is 0.275 e. The van der Waals surface area contributed by atoms with Crippen LogP contribution < -0.4 is 10.7 Å². The molecule has 0 saturated heterocycles. The molecule has 6 nitrogen and oxygen atoms in total. The molecule has 25 heavy (non-hydrogen) atoms. The maximum atomic E-state index is 12.0. The van der Waals surface area contributed by atoms with Gasteiger partial charge in [0.25, 0.3) is 5.91 Å². The summed E-state index contributed by atoms with van der Waals surface area (Å²) >= 11 is 5.86. The molecular formula is C18H18ClN3O3. The Labute approximate surface area is 150 Å². The van der Waals surface area contributed by atoms with Gasteiger partial charge in [-0.15, -0.1) is 0 Å². The summed E-state index contributed by atoms with van der Waals surface area (Å²) in [5, 5.41) is 17.0. The predicted molar refractivity (Wildman–Crippen MR) is 98.1 cm³/mol. The SMILES string of the molecule is CC(CC(=O)Nc1cccc(Cl)c1)=NNC(=O)c1cccc(C)c1O. The molecule has 0 fully saturated rings. The average molecular weight is 360 g/mol. The first-order valence-corrected chi connectivity index (χ1v) is 7.92. The number of benzene rings is 2. The van der Waals surface area contributed by atoms with Crippen LogP contribution in [-0.4, -0.2) is 22.6 Å². The Bertz CT molecular complexity index is 834. The Morgan fingerprint density at radius 2 is 1.92 bits per heavy atom. The fourth-order valence-corrected chi connectivity index (χ4v) is 2.28. The van der Waals surface area contributed by atoms with Gasteiger partial charge in [0.1, 0.15) is 5.75 Å². The third-order valence-electron chi connectivity index (χ3n) is 3.36. The number of para-hydroxylation sites is 1. The monoisotopic (exact) mass is 359 g/mol. The highest BCUT2D eigenvalue weighted by Gasteiger charge is 2.12. The van der Waals surface area contributed by atoms with Crippen molar-refractivity contribution >= 4 is 34.8 Å². The number of anilines is 1. The van der Waals surface area contributed by atoms with Crippen LogP contribution in [0.15, 0.2) is 47.6 Å². The number of carbonyl (C=O) groups is 2. The van der Waals surface area contributed by atoms with Crippen LogP contribution in [0.2, 0.25) is 5.02 Å². The van der Waals surface area contributed by atoms with E-state index in [0.717, 1.165) is 0 Å². The molecular weight excluding hydrogens is 342 g/mol. The molecule has 0 aliphatic carbocycles. The van der Waals surface area contributed by atoms with E-state index >= 15 is 0 Å². The summed E-state index contributed by atoms with van der Waals surface area (Å²) in [5.74, 6) is -0.918. The van der Waals surface area contributed by atoms with E-state index < -0.39 is 5.91 Å². The third kappa shape index (κ3) is 5.32. The van der Waals surface area contributed by atoms with Crippen molar-refractivity contribution in [2.24, 2.45) is 5.10 Å². The molecule has 0 radical (unpaired) electrons. The highest BCUT2D eigenvalue weighted by molar-refractivity contribution is 6.30. The summed E-state index contributed by atoms with van der Waals surface area (Å²) in [7, 11) is 0. The summed E-state index contributed by atoms with van der Waals surface area (Å²) in [4.78, 5) is 24.0. The topological polar surface area (TPSA) is 90.8 Å². The highest BCUT2D eigenvalue weighted by atomic mass is 35.5. The van der Waals surface area contributed by atoms with Crippen LogP contribution in [-0.2, 0) is 4.79 Å². The van der Waals surface area contributed by atoms with Gasteiger partial charge in [0.2, 0.25) is 5.91 Å². The van der Waals surface area contributed by atoms with E-state index in [9.17, 15) is 14.7 Å². The van der Waals surface area contributed by atoms with E-state index in [1.54, 1.807) is 50.2 Å². The lowest BCUT2D eigenvalue weighted by Gasteiger charge is -2.07. The quantitative estimate of drug-likeness (QED) is 0.563. The molecule has 0 spiro atoms. The van der Waals surface area contributed by atoms with E-state index in [1.807, 2.05) is 0 Å². The number of hydrogen-bond acceptors (Lipinski definition) is 4. The molecule has 0 aliphatic rings. The van der Waals surface area contributed by atoms with Crippen molar-refractivity contribution < 1.29 is 14.7 Å².